The Hall–Kier alpha value is -2.33. The van der Waals surface area contributed by atoms with Crippen molar-refractivity contribution in [3.8, 4) is 0 Å². The Morgan fingerprint density at radius 3 is 2.77 bits per heavy atom. The maximum atomic E-state index is 12.3. The number of rotatable bonds is 5. The molecule has 2 aliphatic rings. The number of nitrogens with one attached hydrogen (secondary N) is 1. The molecule has 1 aliphatic heterocycles. The third-order valence-electron chi connectivity index (χ3n) is 4.98. The molecule has 1 aliphatic carbocycles. The lowest BCUT2D eigenvalue weighted by Crippen LogP contribution is -2.30. The number of carbonyl (C=O) groups is 2. The summed E-state index contributed by atoms with van der Waals surface area (Å²) in [5.74, 6) is 0.461. The first-order valence-electron chi connectivity index (χ1n) is 9.09. The number of aryl methyl sites for hydroxylation is 1. The summed E-state index contributed by atoms with van der Waals surface area (Å²) in [6.07, 6.45) is 3.95. The Kier molecular flexibility index (Phi) is 4.68. The van der Waals surface area contributed by atoms with E-state index >= 15 is 0 Å². The van der Waals surface area contributed by atoms with Gasteiger partial charge in [0.05, 0.1) is 0 Å². The van der Waals surface area contributed by atoms with E-state index in [0.717, 1.165) is 48.3 Å². The predicted octanol–water partition coefficient (Wildman–Crippen LogP) is 4.21. The van der Waals surface area contributed by atoms with Gasteiger partial charge in [0.15, 0.2) is 0 Å². The van der Waals surface area contributed by atoms with Gasteiger partial charge in [-0.3, -0.25) is 9.59 Å². The van der Waals surface area contributed by atoms with Gasteiger partial charge >= 0.3 is 0 Å². The predicted molar refractivity (Wildman–Crippen MR) is 104 cm³/mol. The maximum Gasteiger partial charge on any atom is 0.230 e. The van der Waals surface area contributed by atoms with Crippen molar-refractivity contribution in [2.24, 2.45) is 5.92 Å². The summed E-state index contributed by atoms with van der Waals surface area (Å²) in [6.45, 7) is 0.747. The quantitative estimate of drug-likeness (QED) is 0.859. The van der Waals surface area contributed by atoms with Gasteiger partial charge in [0.25, 0.3) is 0 Å². The molecule has 2 aromatic rings. The van der Waals surface area contributed by atoms with Crippen molar-refractivity contribution < 1.29 is 9.59 Å². The first kappa shape index (κ1) is 17.1. The van der Waals surface area contributed by atoms with Crippen LogP contribution in [-0.4, -0.2) is 18.4 Å². The lowest BCUT2D eigenvalue weighted by atomic mass is 10.1. The van der Waals surface area contributed by atoms with Gasteiger partial charge in [-0.25, -0.2) is 0 Å². The number of fused-ring (bicyclic) bond motifs is 1. The number of nitrogens with zero attached hydrogens (tertiary/aromatic N) is 1. The van der Waals surface area contributed by atoms with Crippen molar-refractivity contribution >= 4 is 34.8 Å². The molecule has 0 aromatic heterocycles. The highest BCUT2D eigenvalue weighted by Crippen LogP contribution is 2.37. The molecular weight excluding hydrogens is 348 g/mol. The van der Waals surface area contributed by atoms with Gasteiger partial charge in [0.1, 0.15) is 0 Å². The van der Waals surface area contributed by atoms with Crippen LogP contribution < -0.4 is 10.2 Å². The van der Waals surface area contributed by atoms with Crippen LogP contribution in [0.5, 0.6) is 0 Å². The molecular formula is C21H21ClN2O2. The van der Waals surface area contributed by atoms with Crippen molar-refractivity contribution in [3.05, 3.63) is 58.6 Å². The molecule has 26 heavy (non-hydrogen) atoms. The molecule has 0 spiro atoms. The average molecular weight is 369 g/mol. The lowest BCUT2D eigenvalue weighted by Gasteiger charge is -2.17. The Balaban J connectivity index is 1.37. The molecule has 0 saturated heterocycles. The van der Waals surface area contributed by atoms with Gasteiger partial charge in [-0.15, -0.1) is 0 Å². The number of anilines is 2. The maximum absolute atomic E-state index is 12.3. The van der Waals surface area contributed by atoms with E-state index in [1.807, 2.05) is 47.4 Å². The van der Waals surface area contributed by atoms with Crippen LogP contribution in [0.1, 0.15) is 30.4 Å². The fraction of sp³-hybridized carbons (Fsp3) is 0.333. The molecule has 1 saturated carbocycles. The molecule has 134 valence electrons. The largest absolute Gasteiger partial charge is 0.326 e. The first-order valence-corrected chi connectivity index (χ1v) is 9.46. The summed E-state index contributed by atoms with van der Waals surface area (Å²) < 4.78 is 0. The van der Waals surface area contributed by atoms with E-state index < -0.39 is 0 Å². The highest BCUT2D eigenvalue weighted by atomic mass is 35.5. The van der Waals surface area contributed by atoms with Crippen LogP contribution in [0.4, 0.5) is 11.4 Å². The smallest absolute Gasteiger partial charge is 0.230 e. The van der Waals surface area contributed by atoms with E-state index in [2.05, 4.69) is 5.32 Å². The van der Waals surface area contributed by atoms with Crippen molar-refractivity contribution in [3.63, 3.8) is 0 Å². The fourth-order valence-corrected chi connectivity index (χ4v) is 3.65. The minimum atomic E-state index is -0.0196. The van der Waals surface area contributed by atoms with E-state index in [1.54, 1.807) is 0 Å². The van der Waals surface area contributed by atoms with Gasteiger partial charge < -0.3 is 10.2 Å². The minimum absolute atomic E-state index is 0.0196. The van der Waals surface area contributed by atoms with Crippen LogP contribution >= 0.6 is 11.6 Å². The molecule has 1 N–H and O–H groups in total. The number of hydrogen-bond donors (Lipinski definition) is 1. The van der Waals surface area contributed by atoms with Gasteiger partial charge in [0.2, 0.25) is 11.8 Å². The molecule has 0 atom stereocenters. The van der Waals surface area contributed by atoms with Crippen molar-refractivity contribution in [2.75, 3.05) is 16.8 Å². The Labute approximate surface area is 158 Å². The highest BCUT2D eigenvalue weighted by molar-refractivity contribution is 6.30. The normalized spacial score (nSPS) is 15.7. The summed E-state index contributed by atoms with van der Waals surface area (Å²) in [5.41, 5.74) is 3.97. The van der Waals surface area contributed by atoms with Crippen molar-refractivity contribution in [1.29, 1.82) is 0 Å². The highest BCUT2D eigenvalue weighted by Gasteiger charge is 2.36. The number of benzene rings is 2. The van der Waals surface area contributed by atoms with Crippen molar-refractivity contribution in [1.82, 2.24) is 0 Å². The topological polar surface area (TPSA) is 49.4 Å². The number of halogens is 1. The minimum Gasteiger partial charge on any atom is -0.326 e. The Morgan fingerprint density at radius 1 is 1.15 bits per heavy atom. The van der Waals surface area contributed by atoms with Crippen LogP contribution in [0.25, 0.3) is 0 Å². The summed E-state index contributed by atoms with van der Waals surface area (Å²) in [6, 6.07) is 13.4. The van der Waals surface area contributed by atoms with E-state index in [-0.39, 0.29) is 17.7 Å². The Morgan fingerprint density at radius 2 is 2.00 bits per heavy atom. The van der Waals surface area contributed by atoms with Crippen LogP contribution in [0, 0.1) is 5.92 Å². The molecule has 1 heterocycles. The van der Waals surface area contributed by atoms with Crippen LogP contribution in [0.2, 0.25) is 5.02 Å². The zero-order valence-electron chi connectivity index (χ0n) is 14.5. The van der Waals surface area contributed by atoms with E-state index in [0.29, 0.717) is 17.9 Å². The van der Waals surface area contributed by atoms with Crippen LogP contribution in [0.15, 0.2) is 42.5 Å². The monoisotopic (exact) mass is 368 g/mol. The van der Waals surface area contributed by atoms with Crippen molar-refractivity contribution in [2.45, 2.75) is 32.1 Å². The standard InChI is InChI=1S/C21H21ClN2O2/c22-17-3-1-2-14(12-17)4-9-20(25)23-18-7-8-19-16(13-18)10-11-24(19)21(26)15-5-6-15/h1-3,7-8,12-13,15H,4-6,9-11H2,(H,23,25). The first-order chi connectivity index (χ1) is 12.6. The third kappa shape index (κ3) is 3.75. The second-order valence-electron chi connectivity index (χ2n) is 7.04. The molecule has 2 amide bonds. The SMILES string of the molecule is O=C(CCc1cccc(Cl)c1)Nc1ccc2c(c1)CCN2C(=O)C1CC1. The average Bonchev–Trinajstić information content (AvgIpc) is 3.39. The zero-order chi connectivity index (χ0) is 18.1. The number of carbonyl (C=O) groups excluding carboxylic acids is 2. The third-order valence-corrected chi connectivity index (χ3v) is 5.22. The lowest BCUT2D eigenvalue weighted by molar-refractivity contribution is -0.119. The summed E-state index contributed by atoms with van der Waals surface area (Å²) in [4.78, 5) is 26.5. The summed E-state index contributed by atoms with van der Waals surface area (Å²) in [7, 11) is 0. The molecule has 2 aromatic carbocycles. The zero-order valence-corrected chi connectivity index (χ0v) is 15.3. The van der Waals surface area contributed by atoms with E-state index in [4.69, 9.17) is 11.6 Å². The van der Waals surface area contributed by atoms with Gasteiger partial charge in [-0.05, 0) is 67.1 Å². The second-order valence-corrected chi connectivity index (χ2v) is 7.47. The molecule has 0 unspecified atom stereocenters. The molecule has 4 nitrogen and oxygen atoms in total. The summed E-state index contributed by atoms with van der Waals surface area (Å²) >= 11 is 5.97. The number of amides is 2. The molecule has 0 radical (unpaired) electrons. The fourth-order valence-electron chi connectivity index (χ4n) is 3.43. The van der Waals surface area contributed by atoms with Gasteiger partial charge in [-0.2, -0.15) is 0 Å². The Bertz CT molecular complexity index is 861. The molecule has 4 rings (SSSR count). The number of hydrogen-bond acceptors (Lipinski definition) is 2. The van der Waals surface area contributed by atoms with E-state index in [9.17, 15) is 9.59 Å². The molecule has 0 bridgehead atoms. The molecule has 1 fully saturated rings. The van der Waals surface area contributed by atoms with E-state index in [1.165, 1.54) is 0 Å². The van der Waals surface area contributed by atoms with Gasteiger partial charge in [0, 0.05) is 35.3 Å². The molecule has 5 heteroatoms. The van der Waals surface area contributed by atoms with Crippen LogP contribution in [-0.2, 0) is 22.4 Å². The second kappa shape index (κ2) is 7.12. The summed E-state index contributed by atoms with van der Waals surface area (Å²) in [5, 5.41) is 3.65. The van der Waals surface area contributed by atoms with Gasteiger partial charge in [-0.1, -0.05) is 23.7 Å². The van der Waals surface area contributed by atoms with Crippen LogP contribution in [0.3, 0.4) is 0 Å².